The first kappa shape index (κ1) is 42.8. The second-order valence-electron chi connectivity index (χ2n) is 11.7. The second-order valence-corrected chi connectivity index (χ2v) is 11.7. The number of rotatable bonds is 6. The van der Waals surface area contributed by atoms with Crippen molar-refractivity contribution in [2.24, 2.45) is 10.8 Å². The molecule has 262 valence electrons. The molecule has 4 aromatic rings. The molecule has 0 aliphatic rings. The topological polar surface area (TPSA) is 266 Å². The zero-order valence-electron chi connectivity index (χ0n) is 28.2. The molecular formula is C32H44N6O10. The van der Waals surface area contributed by atoms with Crippen molar-refractivity contribution in [2.75, 3.05) is 23.8 Å². The average molecular weight is 673 g/mol. The van der Waals surface area contributed by atoms with Crippen molar-refractivity contribution >= 4 is 57.5 Å². The van der Waals surface area contributed by atoms with Gasteiger partial charge in [0.15, 0.2) is 22.7 Å². The summed E-state index contributed by atoms with van der Waals surface area (Å²) in [6.07, 6.45) is 0. The molecule has 16 nitrogen and oxygen atoms in total. The van der Waals surface area contributed by atoms with Gasteiger partial charge in [0.1, 0.15) is 11.6 Å². The number of fused-ring (bicyclic) bond motifs is 2. The van der Waals surface area contributed by atoms with Gasteiger partial charge in [-0.25, -0.2) is 29.5 Å². The Hall–Kier alpha value is -5.16. The third kappa shape index (κ3) is 12.2. The van der Waals surface area contributed by atoms with Gasteiger partial charge in [0, 0.05) is 21.6 Å². The molecule has 0 bridgehead atoms. The number of nitrogens with zero attached hydrogens (tertiary/aromatic N) is 4. The van der Waals surface area contributed by atoms with Crippen molar-refractivity contribution in [3.63, 3.8) is 0 Å². The van der Waals surface area contributed by atoms with Crippen LogP contribution in [0.25, 0.3) is 22.1 Å². The van der Waals surface area contributed by atoms with E-state index in [0.717, 1.165) is 10.8 Å². The van der Waals surface area contributed by atoms with Crippen LogP contribution in [0.2, 0.25) is 0 Å². The van der Waals surface area contributed by atoms with Crippen LogP contribution in [0.5, 0.6) is 0 Å². The average Bonchev–Trinajstić information content (AvgIpc) is 3.01. The highest BCUT2D eigenvalue weighted by atomic mass is 17.0. The second kappa shape index (κ2) is 18.9. The Balaban J connectivity index is 0.000000842. The van der Waals surface area contributed by atoms with Crippen molar-refractivity contribution in [1.29, 1.82) is 0 Å². The zero-order chi connectivity index (χ0) is 34.7. The fourth-order valence-corrected chi connectivity index (χ4v) is 3.38. The van der Waals surface area contributed by atoms with Gasteiger partial charge in [0.25, 0.3) is 0 Å². The lowest BCUT2D eigenvalue weighted by atomic mass is 9.96. The van der Waals surface area contributed by atoms with E-state index < -0.39 is 22.8 Å². The van der Waals surface area contributed by atoms with Crippen LogP contribution in [0.4, 0.5) is 11.6 Å². The Morgan fingerprint density at radius 3 is 1.19 bits per heavy atom. The number of ether oxygens (including phenoxy) is 2. The van der Waals surface area contributed by atoms with Gasteiger partial charge in [0.2, 0.25) is 11.8 Å². The molecule has 0 spiro atoms. The van der Waals surface area contributed by atoms with Crippen LogP contribution in [-0.2, 0) is 19.1 Å². The molecule has 0 aromatic carbocycles. The Kier molecular flexibility index (Phi) is 16.8. The first-order valence-corrected chi connectivity index (χ1v) is 14.3. The molecule has 4 rings (SSSR count). The van der Waals surface area contributed by atoms with Crippen LogP contribution in [0.3, 0.4) is 0 Å². The van der Waals surface area contributed by atoms with Crippen molar-refractivity contribution < 1.29 is 50.1 Å². The molecule has 4 aromatic heterocycles. The maximum Gasteiger partial charge on any atom is 0.357 e. The molecule has 48 heavy (non-hydrogen) atoms. The number of carbonyl (C=O) groups is 4. The number of aromatic nitrogens is 4. The number of carbonyl (C=O) groups excluding carboxylic acids is 4. The van der Waals surface area contributed by atoms with Crippen LogP contribution >= 0.6 is 0 Å². The maximum absolute atomic E-state index is 12.0. The van der Waals surface area contributed by atoms with Gasteiger partial charge in [-0.2, -0.15) is 0 Å². The first-order valence-electron chi connectivity index (χ1n) is 14.3. The van der Waals surface area contributed by atoms with Crippen molar-refractivity contribution in [3.8, 4) is 0 Å². The standard InChI is InChI=1S/2C16H19N3O3.H2O2.2H2O/c2*1-5-22-14(20)11-8-6-10-7-9-12(18-13(10)17-11)19-15(21)16(2,3)4;1-2;;/h2*6-9H,5H2,1-4H3,(H,17,18,19,21);1-2H;2*1H2. The van der Waals surface area contributed by atoms with E-state index in [1.165, 1.54) is 0 Å². The van der Waals surface area contributed by atoms with Gasteiger partial charge in [-0.05, 0) is 62.4 Å². The molecule has 0 unspecified atom stereocenters. The highest BCUT2D eigenvalue weighted by molar-refractivity contribution is 5.96. The normalized spacial score (nSPS) is 10.5. The summed E-state index contributed by atoms with van der Waals surface area (Å²) in [6.45, 7) is 15.0. The molecule has 0 saturated heterocycles. The van der Waals surface area contributed by atoms with E-state index in [1.54, 1.807) is 62.4 Å². The molecule has 4 heterocycles. The molecule has 16 heteroatoms. The minimum atomic E-state index is -0.517. The third-order valence-electron chi connectivity index (χ3n) is 5.92. The fourth-order valence-electron chi connectivity index (χ4n) is 3.38. The molecule has 2 amide bonds. The van der Waals surface area contributed by atoms with Crippen LogP contribution in [0.15, 0.2) is 48.5 Å². The van der Waals surface area contributed by atoms with Crippen molar-refractivity contribution in [3.05, 3.63) is 59.9 Å². The molecule has 0 atom stereocenters. The van der Waals surface area contributed by atoms with Gasteiger partial charge in [0.05, 0.1) is 13.2 Å². The van der Waals surface area contributed by atoms with Gasteiger partial charge in [-0.3, -0.25) is 20.1 Å². The van der Waals surface area contributed by atoms with Crippen LogP contribution in [0, 0.1) is 10.8 Å². The SMILES string of the molecule is CCOC(=O)c1ccc2ccc(NC(=O)C(C)(C)C)nc2n1.CCOC(=O)c1ccc2ccc(NC(=O)C(C)(C)C)nc2n1.O.O.OO. The van der Waals surface area contributed by atoms with Crippen LogP contribution in [-0.4, -0.2) is 78.4 Å². The molecular weight excluding hydrogens is 628 g/mol. The molecule has 0 aliphatic carbocycles. The number of esters is 2. The Morgan fingerprint density at radius 1 is 0.583 bits per heavy atom. The summed E-state index contributed by atoms with van der Waals surface area (Å²) >= 11 is 0. The monoisotopic (exact) mass is 672 g/mol. The zero-order valence-corrected chi connectivity index (χ0v) is 28.2. The number of amides is 2. The largest absolute Gasteiger partial charge is 0.461 e. The Morgan fingerprint density at radius 2 is 0.896 bits per heavy atom. The van der Waals surface area contributed by atoms with E-state index in [4.69, 9.17) is 20.0 Å². The number of hydrogen-bond donors (Lipinski definition) is 4. The Labute approximate surface area is 277 Å². The highest BCUT2D eigenvalue weighted by Gasteiger charge is 2.23. The third-order valence-corrected chi connectivity index (χ3v) is 5.92. The molecule has 0 radical (unpaired) electrons. The molecule has 0 saturated carbocycles. The summed E-state index contributed by atoms with van der Waals surface area (Å²) < 4.78 is 9.83. The summed E-state index contributed by atoms with van der Waals surface area (Å²) in [4.78, 5) is 64.3. The summed E-state index contributed by atoms with van der Waals surface area (Å²) in [7, 11) is 0. The Bertz CT molecular complexity index is 1580. The lowest BCUT2D eigenvalue weighted by Crippen LogP contribution is -2.28. The van der Waals surface area contributed by atoms with Gasteiger partial charge < -0.3 is 31.1 Å². The van der Waals surface area contributed by atoms with Gasteiger partial charge in [-0.1, -0.05) is 41.5 Å². The van der Waals surface area contributed by atoms with E-state index in [-0.39, 0.29) is 47.4 Å². The van der Waals surface area contributed by atoms with Crippen molar-refractivity contribution in [2.45, 2.75) is 55.4 Å². The summed E-state index contributed by atoms with van der Waals surface area (Å²) in [5.41, 5.74) is 0.130. The van der Waals surface area contributed by atoms with Gasteiger partial charge >= 0.3 is 11.9 Å². The minimum Gasteiger partial charge on any atom is -0.461 e. The predicted octanol–water partition coefficient (Wildman–Crippen LogP) is 3.95. The molecule has 8 N–H and O–H groups in total. The van der Waals surface area contributed by atoms with Gasteiger partial charge in [-0.15, -0.1) is 0 Å². The highest BCUT2D eigenvalue weighted by Crippen LogP contribution is 2.20. The van der Waals surface area contributed by atoms with E-state index in [9.17, 15) is 19.2 Å². The smallest absolute Gasteiger partial charge is 0.357 e. The lowest BCUT2D eigenvalue weighted by Gasteiger charge is -2.17. The van der Waals surface area contributed by atoms with Crippen LogP contribution < -0.4 is 10.6 Å². The number of pyridine rings is 4. The first-order chi connectivity index (χ1) is 21.6. The quantitative estimate of drug-likeness (QED) is 0.129. The summed E-state index contributed by atoms with van der Waals surface area (Å²) in [6, 6.07) is 13.7. The number of hydrogen-bond acceptors (Lipinski definition) is 12. The fraction of sp³-hybridized carbons (Fsp3) is 0.375. The molecule has 0 aliphatic heterocycles. The van der Waals surface area contributed by atoms with E-state index in [1.807, 2.05) is 41.5 Å². The summed E-state index contributed by atoms with van der Waals surface area (Å²) in [5, 5.41) is 19.0. The molecule has 0 fully saturated rings. The van der Waals surface area contributed by atoms with E-state index >= 15 is 0 Å². The lowest BCUT2D eigenvalue weighted by molar-refractivity contribution is -0.176. The maximum atomic E-state index is 12.0. The van der Waals surface area contributed by atoms with Crippen molar-refractivity contribution in [1.82, 2.24) is 19.9 Å². The van der Waals surface area contributed by atoms with Crippen LogP contribution in [0.1, 0.15) is 76.4 Å². The number of nitrogens with one attached hydrogen (secondary N) is 2. The minimum absolute atomic E-state index is 0. The van der Waals surface area contributed by atoms with E-state index in [2.05, 4.69) is 30.6 Å². The predicted molar refractivity (Wildman–Crippen MR) is 180 cm³/mol. The number of anilines is 2. The van der Waals surface area contributed by atoms with E-state index in [0.29, 0.717) is 22.9 Å². The summed E-state index contributed by atoms with van der Waals surface area (Å²) in [5.74, 6) is -0.450.